The highest BCUT2D eigenvalue weighted by molar-refractivity contribution is 6.08. The Morgan fingerprint density at radius 1 is 0.900 bits per heavy atom. The van der Waals surface area contributed by atoms with Gasteiger partial charge in [-0.15, -0.1) is 0 Å². The highest BCUT2D eigenvalue weighted by Gasteiger charge is 2.30. The smallest absolute Gasteiger partial charge is 0.326 e. The minimum atomic E-state index is -4.40. The number of halogens is 3. The topological polar surface area (TPSA) is 43.1 Å². The van der Waals surface area contributed by atoms with E-state index in [1.807, 2.05) is 0 Å². The van der Waals surface area contributed by atoms with Crippen molar-refractivity contribution in [1.82, 2.24) is 0 Å². The van der Waals surface area contributed by atoms with Crippen molar-refractivity contribution in [3.8, 4) is 0 Å². The van der Waals surface area contributed by atoms with E-state index in [-0.39, 0.29) is 11.3 Å². The molecule has 2 aromatic rings. The second kappa shape index (κ2) is 5.46. The second-order valence-electron chi connectivity index (χ2n) is 4.31. The maximum absolute atomic E-state index is 12.4. The Bertz CT molecular complexity index is 601. The van der Waals surface area contributed by atoms with Gasteiger partial charge < -0.3 is 5.73 Å². The van der Waals surface area contributed by atoms with E-state index in [2.05, 4.69) is 0 Å². The molecule has 2 aromatic carbocycles. The largest absolute Gasteiger partial charge is 0.416 e. The lowest BCUT2D eigenvalue weighted by Gasteiger charge is -2.07. The molecule has 0 unspecified atom stereocenters. The summed E-state index contributed by atoms with van der Waals surface area (Å²) < 4.78 is 37.3. The maximum Gasteiger partial charge on any atom is 0.416 e. The average Bonchev–Trinajstić information content (AvgIpc) is 2.46. The summed E-state index contributed by atoms with van der Waals surface area (Å²) in [5.74, 6) is -0.317. The van der Waals surface area contributed by atoms with Crippen LogP contribution in [0.2, 0.25) is 0 Å². The number of hydrogen-bond donors (Lipinski definition) is 1. The van der Waals surface area contributed by atoms with Gasteiger partial charge in [0.25, 0.3) is 0 Å². The van der Waals surface area contributed by atoms with Crippen molar-refractivity contribution in [2.45, 2.75) is 12.7 Å². The number of benzene rings is 2. The first-order valence-corrected chi connectivity index (χ1v) is 5.93. The summed E-state index contributed by atoms with van der Waals surface area (Å²) in [5, 5.41) is 0. The predicted molar refractivity (Wildman–Crippen MR) is 69.2 cm³/mol. The van der Waals surface area contributed by atoms with E-state index in [1.165, 1.54) is 12.1 Å². The summed E-state index contributed by atoms with van der Waals surface area (Å²) in [4.78, 5) is 12.1. The van der Waals surface area contributed by atoms with Gasteiger partial charge in [0.2, 0.25) is 0 Å². The summed E-state index contributed by atoms with van der Waals surface area (Å²) in [5.41, 5.74) is 6.20. The molecule has 104 valence electrons. The van der Waals surface area contributed by atoms with E-state index in [1.54, 1.807) is 24.3 Å². The molecule has 2 rings (SSSR count). The molecular formula is C15H12F3NO. The van der Waals surface area contributed by atoms with Gasteiger partial charge in [-0.1, -0.05) is 36.4 Å². The number of alkyl halides is 3. The maximum atomic E-state index is 12.4. The SMILES string of the molecule is NCc1ccc(C(=O)c2ccc(C(F)(F)F)cc2)cc1. The van der Waals surface area contributed by atoms with Crippen LogP contribution in [0.3, 0.4) is 0 Å². The second-order valence-corrected chi connectivity index (χ2v) is 4.31. The molecule has 0 aliphatic carbocycles. The monoisotopic (exact) mass is 279 g/mol. The molecule has 0 aliphatic heterocycles. The summed E-state index contributed by atoms with van der Waals surface area (Å²) in [6.07, 6.45) is -4.40. The quantitative estimate of drug-likeness (QED) is 0.875. The van der Waals surface area contributed by atoms with Crippen molar-refractivity contribution < 1.29 is 18.0 Å². The molecule has 0 heterocycles. The zero-order valence-corrected chi connectivity index (χ0v) is 10.4. The summed E-state index contributed by atoms with van der Waals surface area (Å²) in [7, 11) is 0. The molecule has 0 fully saturated rings. The van der Waals surface area contributed by atoms with E-state index in [4.69, 9.17) is 5.73 Å². The molecule has 2 nitrogen and oxygen atoms in total. The van der Waals surface area contributed by atoms with Crippen LogP contribution in [0.15, 0.2) is 48.5 Å². The van der Waals surface area contributed by atoms with Crippen LogP contribution in [-0.4, -0.2) is 5.78 Å². The summed E-state index contributed by atoms with van der Waals surface area (Å²) in [6.45, 7) is 0.370. The number of rotatable bonds is 3. The molecule has 20 heavy (non-hydrogen) atoms. The van der Waals surface area contributed by atoms with Crippen LogP contribution in [0.4, 0.5) is 13.2 Å². The minimum Gasteiger partial charge on any atom is -0.326 e. The molecule has 0 bridgehead atoms. The van der Waals surface area contributed by atoms with Crippen molar-refractivity contribution in [3.05, 3.63) is 70.8 Å². The zero-order chi connectivity index (χ0) is 14.8. The standard InChI is InChI=1S/C15H12F3NO/c16-15(17,18)13-7-5-12(6-8-13)14(20)11-3-1-10(9-19)2-4-11/h1-8H,9,19H2. The molecule has 0 spiro atoms. The van der Waals surface area contributed by atoms with Gasteiger partial charge in [0, 0.05) is 17.7 Å². The van der Waals surface area contributed by atoms with Gasteiger partial charge in [-0.2, -0.15) is 13.2 Å². The molecule has 0 aromatic heterocycles. The van der Waals surface area contributed by atoms with Gasteiger partial charge in [0.1, 0.15) is 0 Å². The van der Waals surface area contributed by atoms with Gasteiger partial charge in [-0.25, -0.2) is 0 Å². The number of ketones is 1. The molecule has 0 aliphatic rings. The first kappa shape index (κ1) is 14.3. The fraction of sp³-hybridized carbons (Fsp3) is 0.133. The van der Waals surface area contributed by atoms with E-state index < -0.39 is 11.7 Å². The van der Waals surface area contributed by atoms with Crippen molar-refractivity contribution in [1.29, 1.82) is 0 Å². The molecule has 0 saturated heterocycles. The highest BCUT2D eigenvalue weighted by atomic mass is 19.4. The summed E-state index contributed by atoms with van der Waals surface area (Å²) in [6, 6.07) is 10.8. The van der Waals surface area contributed by atoms with Gasteiger partial charge in [0.05, 0.1) is 5.56 Å². The van der Waals surface area contributed by atoms with E-state index in [0.29, 0.717) is 12.1 Å². The molecule has 2 N–H and O–H groups in total. The van der Waals surface area contributed by atoms with Crippen molar-refractivity contribution in [2.75, 3.05) is 0 Å². The van der Waals surface area contributed by atoms with E-state index >= 15 is 0 Å². The predicted octanol–water partition coefficient (Wildman–Crippen LogP) is 3.40. The van der Waals surface area contributed by atoms with Gasteiger partial charge in [-0.05, 0) is 17.7 Å². The van der Waals surface area contributed by atoms with Crippen LogP contribution in [0, 0.1) is 0 Å². The Labute approximate surface area is 114 Å². The van der Waals surface area contributed by atoms with Gasteiger partial charge >= 0.3 is 6.18 Å². The van der Waals surface area contributed by atoms with Gasteiger partial charge in [0.15, 0.2) is 5.78 Å². The lowest BCUT2D eigenvalue weighted by molar-refractivity contribution is -0.137. The Morgan fingerprint density at radius 2 is 1.35 bits per heavy atom. The Balaban J connectivity index is 2.24. The molecule has 5 heteroatoms. The van der Waals surface area contributed by atoms with Crippen LogP contribution in [0.1, 0.15) is 27.0 Å². The molecule has 0 atom stereocenters. The fourth-order valence-corrected chi connectivity index (χ4v) is 1.77. The third-order valence-corrected chi connectivity index (χ3v) is 2.93. The third kappa shape index (κ3) is 3.05. The van der Waals surface area contributed by atoms with Crippen LogP contribution in [-0.2, 0) is 12.7 Å². The Hall–Kier alpha value is -2.14. The lowest BCUT2D eigenvalue weighted by atomic mass is 10.0. The summed E-state index contributed by atoms with van der Waals surface area (Å²) >= 11 is 0. The Morgan fingerprint density at radius 3 is 1.75 bits per heavy atom. The molecule has 0 radical (unpaired) electrons. The normalized spacial score (nSPS) is 11.4. The lowest BCUT2D eigenvalue weighted by Crippen LogP contribution is -2.07. The number of hydrogen-bond acceptors (Lipinski definition) is 2. The third-order valence-electron chi connectivity index (χ3n) is 2.93. The Kier molecular flexibility index (Phi) is 3.90. The molecule has 0 amide bonds. The van der Waals surface area contributed by atoms with Crippen molar-refractivity contribution >= 4 is 5.78 Å². The minimum absolute atomic E-state index is 0.221. The van der Waals surface area contributed by atoms with E-state index in [0.717, 1.165) is 17.7 Å². The van der Waals surface area contributed by atoms with Crippen LogP contribution in [0.5, 0.6) is 0 Å². The van der Waals surface area contributed by atoms with Crippen molar-refractivity contribution in [3.63, 3.8) is 0 Å². The first-order valence-electron chi connectivity index (χ1n) is 5.93. The number of nitrogens with two attached hydrogens (primary N) is 1. The molecule has 0 saturated carbocycles. The zero-order valence-electron chi connectivity index (χ0n) is 10.4. The van der Waals surface area contributed by atoms with Gasteiger partial charge in [-0.3, -0.25) is 4.79 Å². The van der Waals surface area contributed by atoms with Crippen LogP contribution in [0.25, 0.3) is 0 Å². The first-order chi connectivity index (χ1) is 9.41. The number of carbonyl (C=O) groups excluding carboxylic acids is 1. The van der Waals surface area contributed by atoms with Crippen molar-refractivity contribution in [2.24, 2.45) is 5.73 Å². The number of carbonyl (C=O) groups is 1. The van der Waals surface area contributed by atoms with Crippen LogP contribution >= 0.6 is 0 Å². The molecular weight excluding hydrogens is 267 g/mol. The fourth-order valence-electron chi connectivity index (χ4n) is 1.77. The van der Waals surface area contributed by atoms with Crippen LogP contribution < -0.4 is 5.73 Å². The highest BCUT2D eigenvalue weighted by Crippen LogP contribution is 2.29. The van der Waals surface area contributed by atoms with E-state index in [9.17, 15) is 18.0 Å². The average molecular weight is 279 g/mol.